The normalized spacial score (nSPS) is 11.7. The Morgan fingerprint density at radius 2 is 1.62 bits per heavy atom. The third-order valence-corrected chi connectivity index (χ3v) is 5.76. The molecule has 0 aliphatic carbocycles. The lowest BCUT2D eigenvalue weighted by molar-refractivity contribution is -0.135. The molecular formula is C27H29N5O5. The molecule has 1 heterocycles. The number of rotatable bonds is 7. The van der Waals surface area contributed by atoms with Crippen molar-refractivity contribution < 1.29 is 24.3 Å². The lowest BCUT2D eigenvalue weighted by atomic mass is 10.1. The molecule has 0 saturated heterocycles. The number of carboxylic acid groups (broad SMARTS) is 1. The van der Waals surface area contributed by atoms with Crippen LogP contribution in [-0.4, -0.2) is 48.4 Å². The number of fused-ring (bicyclic) bond motifs is 1. The van der Waals surface area contributed by atoms with Gasteiger partial charge in [0.05, 0.1) is 6.54 Å². The van der Waals surface area contributed by atoms with Crippen molar-refractivity contribution in [1.29, 1.82) is 0 Å². The predicted molar refractivity (Wildman–Crippen MR) is 140 cm³/mol. The van der Waals surface area contributed by atoms with Gasteiger partial charge >= 0.3 is 5.97 Å². The zero-order chi connectivity index (χ0) is 26.9. The molecule has 37 heavy (non-hydrogen) atoms. The third-order valence-electron chi connectivity index (χ3n) is 5.76. The fourth-order valence-electron chi connectivity index (χ4n) is 3.91. The van der Waals surface area contributed by atoms with Gasteiger partial charge in [-0.25, -0.2) is 0 Å². The fourth-order valence-corrected chi connectivity index (χ4v) is 3.91. The van der Waals surface area contributed by atoms with E-state index in [0.717, 1.165) is 23.2 Å². The van der Waals surface area contributed by atoms with Crippen LogP contribution in [0.3, 0.4) is 0 Å². The highest BCUT2D eigenvalue weighted by Crippen LogP contribution is 2.28. The van der Waals surface area contributed by atoms with Gasteiger partial charge in [-0.1, -0.05) is 36.4 Å². The van der Waals surface area contributed by atoms with Crippen molar-refractivity contribution in [2.75, 3.05) is 29.4 Å². The van der Waals surface area contributed by atoms with Crippen LogP contribution in [0.25, 0.3) is 0 Å². The summed E-state index contributed by atoms with van der Waals surface area (Å²) in [4.78, 5) is 49.0. The van der Waals surface area contributed by atoms with Gasteiger partial charge in [-0.3, -0.25) is 24.1 Å². The Morgan fingerprint density at radius 3 is 2.24 bits per heavy atom. The Balaban J connectivity index is 0.000000213. The molecule has 0 saturated carbocycles. The summed E-state index contributed by atoms with van der Waals surface area (Å²) in [5, 5.41) is 9.05. The van der Waals surface area contributed by atoms with Crippen LogP contribution in [0.5, 0.6) is 0 Å². The number of anilines is 2. The Hall–Kier alpha value is -4.54. The van der Waals surface area contributed by atoms with Gasteiger partial charge in [-0.05, 0) is 53.9 Å². The number of benzene rings is 3. The first-order chi connectivity index (χ1) is 17.7. The summed E-state index contributed by atoms with van der Waals surface area (Å²) < 4.78 is 0. The number of nitrogens with two attached hydrogens (primary N) is 3. The van der Waals surface area contributed by atoms with Crippen LogP contribution in [0.2, 0.25) is 0 Å². The van der Waals surface area contributed by atoms with Crippen LogP contribution >= 0.6 is 0 Å². The third kappa shape index (κ3) is 6.78. The number of hydrogen-bond donors (Lipinski definition) is 4. The molecule has 1 aliphatic heterocycles. The summed E-state index contributed by atoms with van der Waals surface area (Å²) in [6.45, 7) is 0.518. The first-order valence-electron chi connectivity index (χ1n) is 11.6. The Morgan fingerprint density at radius 1 is 0.892 bits per heavy atom. The monoisotopic (exact) mass is 503 g/mol. The average molecular weight is 504 g/mol. The summed E-state index contributed by atoms with van der Waals surface area (Å²) in [5.74, 6) is -2.06. The summed E-state index contributed by atoms with van der Waals surface area (Å²) >= 11 is 0. The molecule has 4 rings (SSSR count). The SMILES string of the molecule is NCC(=O)N1CCc2ccc(C(N)=O)cc21.NCc1cccc(N(CC(=O)O)C(=O)c2ccccc2)c1. The minimum Gasteiger partial charge on any atom is -0.480 e. The average Bonchev–Trinajstić information content (AvgIpc) is 3.35. The molecule has 10 heteroatoms. The van der Waals surface area contributed by atoms with Gasteiger partial charge in [0, 0.05) is 35.6 Å². The maximum atomic E-state index is 12.5. The molecule has 0 radical (unpaired) electrons. The minimum atomic E-state index is -1.07. The summed E-state index contributed by atoms with van der Waals surface area (Å²) in [6.07, 6.45) is 0.792. The van der Waals surface area contributed by atoms with E-state index in [2.05, 4.69) is 0 Å². The molecule has 0 fully saturated rings. The van der Waals surface area contributed by atoms with E-state index in [1.807, 2.05) is 12.1 Å². The van der Waals surface area contributed by atoms with E-state index in [9.17, 15) is 19.2 Å². The van der Waals surface area contributed by atoms with Crippen LogP contribution in [0, 0.1) is 0 Å². The van der Waals surface area contributed by atoms with Crippen molar-refractivity contribution in [2.24, 2.45) is 17.2 Å². The van der Waals surface area contributed by atoms with Gasteiger partial charge in [0.15, 0.2) is 0 Å². The molecule has 10 nitrogen and oxygen atoms in total. The van der Waals surface area contributed by atoms with E-state index in [0.29, 0.717) is 29.9 Å². The number of primary amides is 1. The van der Waals surface area contributed by atoms with Gasteiger partial charge in [0.1, 0.15) is 6.54 Å². The molecule has 7 N–H and O–H groups in total. The second-order valence-electron chi connectivity index (χ2n) is 8.23. The number of nitrogens with zero attached hydrogens (tertiary/aromatic N) is 2. The van der Waals surface area contributed by atoms with E-state index in [-0.39, 0.29) is 18.4 Å². The van der Waals surface area contributed by atoms with Gasteiger partial charge < -0.3 is 27.2 Å². The largest absolute Gasteiger partial charge is 0.480 e. The Labute approximate surface area is 214 Å². The number of aliphatic carboxylic acids is 1. The van der Waals surface area contributed by atoms with Crippen molar-refractivity contribution in [3.05, 3.63) is 95.1 Å². The number of carboxylic acids is 1. The van der Waals surface area contributed by atoms with Gasteiger partial charge in [-0.2, -0.15) is 0 Å². The van der Waals surface area contributed by atoms with E-state index in [1.54, 1.807) is 65.6 Å². The molecule has 0 aromatic heterocycles. The van der Waals surface area contributed by atoms with Crippen molar-refractivity contribution in [3.63, 3.8) is 0 Å². The molecule has 3 aromatic rings. The number of carbonyl (C=O) groups is 4. The molecule has 3 aromatic carbocycles. The highest BCUT2D eigenvalue weighted by molar-refractivity contribution is 6.08. The van der Waals surface area contributed by atoms with E-state index in [1.165, 1.54) is 4.90 Å². The predicted octanol–water partition coefficient (Wildman–Crippen LogP) is 1.51. The van der Waals surface area contributed by atoms with Gasteiger partial charge in [0.25, 0.3) is 5.91 Å². The standard InChI is InChI=1S/C16H16N2O3.C11H13N3O2/c17-10-12-5-4-8-14(9-12)18(11-15(19)20)16(21)13-6-2-1-3-7-13;12-6-10(15)14-4-3-7-1-2-8(11(13)16)5-9(7)14/h1-9H,10-11,17H2,(H,19,20);1-2,5H,3-4,6,12H2,(H2,13,16). The topological polar surface area (TPSA) is 173 Å². The Bertz CT molecular complexity index is 1300. The van der Waals surface area contributed by atoms with Crippen LogP contribution in [0.1, 0.15) is 31.8 Å². The second-order valence-corrected chi connectivity index (χ2v) is 8.23. The smallest absolute Gasteiger partial charge is 0.323 e. The van der Waals surface area contributed by atoms with Crippen molar-refractivity contribution in [3.8, 4) is 0 Å². The molecule has 0 unspecified atom stereocenters. The lowest BCUT2D eigenvalue weighted by Gasteiger charge is -2.21. The molecule has 0 bridgehead atoms. The highest BCUT2D eigenvalue weighted by Gasteiger charge is 2.24. The van der Waals surface area contributed by atoms with Crippen LogP contribution < -0.4 is 27.0 Å². The number of amides is 3. The zero-order valence-electron chi connectivity index (χ0n) is 20.2. The van der Waals surface area contributed by atoms with Crippen LogP contribution in [0.15, 0.2) is 72.8 Å². The first-order valence-corrected chi connectivity index (χ1v) is 11.6. The van der Waals surface area contributed by atoms with Gasteiger partial charge in [-0.15, -0.1) is 0 Å². The molecule has 3 amide bonds. The zero-order valence-corrected chi connectivity index (χ0v) is 20.2. The molecule has 1 aliphatic rings. The van der Waals surface area contributed by atoms with Crippen LogP contribution in [0.4, 0.5) is 11.4 Å². The van der Waals surface area contributed by atoms with Crippen molar-refractivity contribution in [1.82, 2.24) is 0 Å². The second kappa shape index (κ2) is 12.4. The number of hydrogen-bond acceptors (Lipinski definition) is 6. The lowest BCUT2D eigenvalue weighted by Crippen LogP contribution is -2.35. The van der Waals surface area contributed by atoms with Crippen molar-refractivity contribution in [2.45, 2.75) is 13.0 Å². The van der Waals surface area contributed by atoms with E-state index < -0.39 is 18.4 Å². The molecule has 0 atom stereocenters. The van der Waals surface area contributed by atoms with Crippen LogP contribution in [-0.2, 0) is 22.6 Å². The van der Waals surface area contributed by atoms with Crippen molar-refractivity contribution >= 4 is 35.1 Å². The quantitative estimate of drug-likeness (QED) is 0.378. The summed E-state index contributed by atoms with van der Waals surface area (Å²) in [5.41, 5.74) is 20.1. The number of carbonyl (C=O) groups excluding carboxylic acids is 3. The maximum Gasteiger partial charge on any atom is 0.323 e. The van der Waals surface area contributed by atoms with E-state index in [4.69, 9.17) is 22.3 Å². The van der Waals surface area contributed by atoms with E-state index >= 15 is 0 Å². The highest BCUT2D eigenvalue weighted by atomic mass is 16.4. The molecule has 192 valence electrons. The molecular weight excluding hydrogens is 474 g/mol. The summed E-state index contributed by atoms with van der Waals surface area (Å²) in [6, 6.07) is 20.8. The molecule has 0 spiro atoms. The first kappa shape index (κ1) is 27.1. The van der Waals surface area contributed by atoms with Gasteiger partial charge in [0.2, 0.25) is 11.8 Å². The summed E-state index contributed by atoms with van der Waals surface area (Å²) in [7, 11) is 0. The maximum absolute atomic E-state index is 12.5. The Kier molecular flexibility index (Phi) is 9.09. The fraction of sp³-hybridized carbons (Fsp3) is 0.185. The minimum absolute atomic E-state index is 0.0275.